The Balaban J connectivity index is 2.27. The lowest BCUT2D eigenvalue weighted by atomic mass is 10.2. The summed E-state index contributed by atoms with van der Waals surface area (Å²) in [5.41, 5.74) is 6.57. The van der Waals surface area contributed by atoms with Gasteiger partial charge in [0.1, 0.15) is 6.54 Å². The molecule has 0 radical (unpaired) electrons. The van der Waals surface area contributed by atoms with Crippen molar-refractivity contribution >= 4 is 34.8 Å². The summed E-state index contributed by atoms with van der Waals surface area (Å²) in [6, 6.07) is 6.57. The van der Waals surface area contributed by atoms with Crippen LogP contribution in [0.5, 0.6) is 0 Å². The van der Waals surface area contributed by atoms with Crippen LogP contribution in [0, 0.1) is 0 Å². The van der Waals surface area contributed by atoms with Gasteiger partial charge in [-0.3, -0.25) is 9.59 Å². The van der Waals surface area contributed by atoms with Gasteiger partial charge >= 0.3 is 0 Å². The standard InChI is InChI=1S/C13H13ClN4O2/c1-9(19)18(11-4-2-3-10(15)7-11)12(20)8-17-6-5-16-13(17)14/h2-7H,8,15H2,1H3. The number of halogens is 1. The SMILES string of the molecule is CC(=O)N(C(=O)Cn1ccnc1Cl)c1cccc(N)c1. The molecule has 7 heteroatoms. The van der Waals surface area contributed by atoms with E-state index in [1.54, 1.807) is 30.5 Å². The molecule has 2 N–H and O–H groups in total. The van der Waals surface area contributed by atoms with Crippen molar-refractivity contribution in [3.8, 4) is 0 Å². The second-order valence-electron chi connectivity index (χ2n) is 4.17. The number of anilines is 2. The largest absolute Gasteiger partial charge is 0.399 e. The van der Waals surface area contributed by atoms with Crippen molar-refractivity contribution in [3.63, 3.8) is 0 Å². The van der Waals surface area contributed by atoms with Gasteiger partial charge in [0.05, 0.1) is 5.69 Å². The molecule has 0 saturated heterocycles. The van der Waals surface area contributed by atoms with Crippen molar-refractivity contribution in [3.05, 3.63) is 41.9 Å². The van der Waals surface area contributed by atoms with Crippen LogP contribution in [0.1, 0.15) is 6.92 Å². The lowest BCUT2D eigenvalue weighted by Crippen LogP contribution is -2.37. The third kappa shape index (κ3) is 2.97. The Labute approximate surface area is 120 Å². The fourth-order valence-electron chi connectivity index (χ4n) is 1.81. The number of rotatable bonds is 3. The van der Waals surface area contributed by atoms with Crippen LogP contribution in [0.3, 0.4) is 0 Å². The van der Waals surface area contributed by atoms with Gasteiger partial charge in [-0.25, -0.2) is 9.88 Å². The Kier molecular flexibility index (Phi) is 4.05. The molecule has 0 aliphatic heterocycles. The van der Waals surface area contributed by atoms with E-state index in [0.29, 0.717) is 11.4 Å². The maximum absolute atomic E-state index is 12.3. The molecule has 0 unspecified atom stereocenters. The van der Waals surface area contributed by atoms with Gasteiger partial charge in [0.15, 0.2) is 0 Å². The van der Waals surface area contributed by atoms with Crippen LogP contribution >= 0.6 is 11.6 Å². The highest BCUT2D eigenvalue weighted by Crippen LogP contribution is 2.19. The van der Waals surface area contributed by atoms with Crippen molar-refractivity contribution in [2.45, 2.75) is 13.5 Å². The summed E-state index contributed by atoms with van der Waals surface area (Å²) in [6.45, 7) is 1.24. The van der Waals surface area contributed by atoms with Crippen molar-refractivity contribution in [1.29, 1.82) is 0 Å². The molecule has 0 atom stereocenters. The molecule has 20 heavy (non-hydrogen) atoms. The molecule has 104 valence electrons. The first kappa shape index (κ1) is 14.1. The number of carbonyl (C=O) groups is 2. The smallest absolute Gasteiger partial charge is 0.253 e. The number of nitrogens with two attached hydrogens (primary N) is 1. The fraction of sp³-hybridized carbons (Fsp3) is 0.154. The molecule has 1 aromatic heterocycles. The second-order valence-corrected chi connectivity index (χ2v) is 4.51. The number of imide groups is 1. The van der Waals surface area contributed by atoms with Crippen LogP contribution < -0.4 is 10.6 Å². The Morgan fingerprint density at radius 1 is 1.45 bits per heavy atom. The predicted octanol–water partition coefficient (Wildman–Crippen LogP) is 1.70. The van der Waals surface area contributed by atoms with Crippen molar-refractivity contribution in [1.82, 2.24) is 9.55 Å². The molecule has 0 aliphatic carbocycles. The Morgan fingerprint density at radius 3 is 2.75 bits per heavy atom. The number of amides is 2. The van der Waals surface area contributed by atoms with E-state index in [4.69, 9.17) is 17.3 Å². The summed E-state index contributed by atoms with van der Waals surface area (Å²) in [5, 5.41) is 0.189. The van der Waals surface area contributed by atoms with E-state index in [9.17, 15) is 9.59 Å². The van der Waals surface area contributed by atoms with Crippen molar-refractivity contribution in [2.75, 3.05) is 10.6 Å². The van der Waals surface area contributed by atoms with Gasteiger partial charge in [-0.15, -0.1) is 0 Å². The fourth-order valence-corrected chi connectivity index (χ4v) is 1.98. The van der Waals surface area contributed by atoms with E-state index in [0.717, 1.165) is 4.90 Å². The van der Waals surface area contributed by atoms with E-state index in [-0.39, 0.29) is 11.8 Å². The average Bonchev–Trinajstić information content (AvgIpc) is 2.74. The number of aromatic nitrogens is 2. The van der Waals surface area contributed by atoms with E-state index >= 15 is 0 Å². The number of hydrogen-bond acceptors (Lipinski definition) is 4. The van der Waals surface area contributed by atoms with Crippen LogP contribution in [0.2, 0.25) is 5.28 Å². The lowest BCUT2D eigenvalue weighted by Gasteiger charge is -2.20. The first-order valence-corrected chi connectivity index (χ1v) is 6.22. The summed E-state index contributed by atoms with van der Waals surface area (Å²) >= 11 is 5.82. The average molecular weight is 293 g/mol. The molecule has 0 fully saturated rings. The topological polar surface area (TPSA) is 81.2 Å². The second kappa shape index (κ2) is 5.75. The predicted molar refractivity (Wildman–Crippen MR) is 76.3 cm³/mol. The number of imidazole rings is 1. The highest BCUT2D eigenvalue weighted by atomic mass is 35.5. The Hall–Kier alpha value is -2.34. The molecule has 2 aromatic rings. The molecule has 6 nitrogen and oxygen atoms in total. The zero-order valence-corrected chi connectivity index (χ0v) is 11.5. The van der Waals surface area contributed by atoms with Crippen LogP contribution in [0.15, 0.2) is 36.7 Å². The van der Waals surface area contributed by atoms with Crippen LogP contribution in [0.25, 0.3) is 0 Å². The monoisotopic (exact) mass is 292 g/mol. The van der Waals surface area contributed by atoms with Gasteiger partial charge < -0.3 is 10.3 Å². The van der Waals surface area contributed by atoms with Crippen LogP contribution in [0.4, 0.5) is 11.4 Å². The minimum Gasteiger partial charge on any atom is -0.399 e. The highest BCUT2D eigenvalue weighted by Gasteiger charge is 2.21. The summed E-state index contributed by atoms with van der Waals surface area (Å²) < 4.78 is 1.45. The minimum absolute atomic E-state index is 0.0762. The maximum atomic E-state index is 12.3. The molecule has 2 rings (SSSR count). The first-order valence-electron chi connectivity index (χ1n) is 5.84. The van der Waals surface area contributed by atoms with Crippen molar-refractivity contribution in [2.24, 2.45) is 0 Å². The number of hydrogen-bond donors (Lipinski definition) is 1. The van der Waals surface area contributed by atoms with Gasteiger partial charge in [0, 0.05) is 25.0 Å². The zero-order valence-electron chi connectivity index (χ0n) is 10.8. The van der Waals surface area contributed by atoms with Crippen LogP contribution in [-0.4, -0.2) is 21.4 Å². The third-order valence-corrected chi connectivity index (χ3v) is 2.98. The molecule has 0 bridgehead atoms. The van der Waals surface area contributed by atoms with E-state index in [1.165, 1.54) is 17.7 Å². The molecular formula is C13H13ClN4O2. The molecule has 0 spiro atoms. The van der Waals surface area contributed by atoms with E-state index in [2.05, 4.69) is 4.98 Å². The summed E-state index contributed by atoms with van der Waals surface area (Å²) in [6.07, 6.45) is 3.05. The summed E-state index contributed by atoms with van der Waals surface area (Å²) in [4.78, 5) is 28.9. The zero-order chi connectivity index (χ0) is 14.7. The van der Waals surface area contributed by atoms with Gasteiger partial charge in [-0.1, -0.05) is 6.07 Å². The number of benzene rings is 1. The first-order chi connectivity index (χ1) is 9.49. The molecule has 2 amide bonds. The highest BCUT2D eigenvalue weighted by molar-refractivity contribution is 6.28. The molecule has 0 saturated carbocycles. The Morgan fingerprint density at radius 2 is 2.20 bits per heavy atom. The van der Waals surface area contributed by atoms with Gasteiger partial charge in [-0.2, -0.15) is 0 Å². The lowest BCUT2D eigenvalue weighted by molar-refractivity contribution is -0.125. The molecule has 1 aromatic carbocycles. The van der Waals surface area contributed by atoms with E-state index in [1.807, 2.05) is 0 Å². The third-order valence-electron chi connectivity index (χ3n) is 2.66. The van der Waals surface area contributed by atoms with Gasteiger partial charge in [-0.05, 0) is 29.8 Å². The summed E-state index contributed by atoms with van der Waals surface area (Å²) in [7, 11) is 0. The maximum Gasteiger partial charge on any atom is 0.253 e. The minimum atomic E-state index is -0.414. The Bertz CT molecular complexity index is 653. The number of nitrogen functional groups attached to an aromatic ring is 1. The molecule has 0 aliphatic rings. The van der Waals surface area contributed by atoms with Gasteiger partial charge in [0.2, 0.25) is 11.2 Å². The van der Waals surface area contributed by atoms with E-state index < -0.39 is 11.8 Å². The van der Waals surface area contributed by atoms with Crippen molar-refractivity contribution < 1.29 is 9.59 Å². The number of carbonyl (C=O) groups excluding carboxylic acids is 2. The molecule has 1 heterocycles. The normalized spacial score (nSPS) is 10.3. The molecular weight excluding hydrogens is 280 g/mol. The quantitative estimate of drug-likeness (QED) is 0.873. The summed E-state index contributed by atoms with van der Waals surface area (Å²) in [5.74, 6) is -0.806. The van der Waals surface area contributed by atoms with Crippen LogP contribution in [-0.2, 0) is 16.1 Å². The number of nitrogens with zero attached hydrogens (tertiary/aromatic N) is 3. The van der Waals surface area contributed by atoms with Gasteiger partial charge in [0.25, 0.3) is 5.91 Å².